The average molecular weight is 214 g/mol. The van der Waals surface area contributed by atoms with Gasteiger partial charge in [0.15, 0.2) is 14.1 Å². The maximum Gasteiger partial charge on any atom is 0.193 e. The summed E-state index contributed by atoms with van der Waals surface area (Å²) in [6.45, 7) is 16.0. The lowest BCUT2D eigenvalue weighted by Crippen LogP contribution is -2.44. The molecule has 0 saturated heterocycles. The van der Waals surface area contributed by atoms with E-state index in [0.717, 1.165) is 0 Å². The standard InChI is InChI=1S/C11H22O2Si/c1-8-10(12)9(2)13-14(6,7)11(3,4)5/h8-9H,1H2,2-7H3. The van der Waals surface area contributed by atoms with E-state index in [-0.39, 0.29) is 16.9 Å². The molecule has 0 bridgehead atoms. The Kier molecular flexibility index (Phi) is 4.27. The maximum absolute atomic E-state index is 11.3. The third-order valence-corrected chi connectivity index (χ3v) is 7.43. The summed E-state index contributed by atoms with van der Waals surface area (Å²) in [7, 11) is -1.82. The number of carbonyl (C=O) groups excluding carboxylic acids is 1. The predicted octanol–water partition coefficient (Wildman–Crippen LogP) is 3.15. The van der Waals surface area contributed by atoms with Crippen LogP contribution in [-0.4, -0.2) is 20.2 Å². The van der Waals surface area contributed by atoms with Crippen LogP contribution in [-0.2, 0) is 9.22 Å². The molecule has 0 spiro atoms. The fourth-order valence-corrected chi connectivity index (χ4v) is 2.20. The summed E-state index contributed by atoms with van der Waals surface area (Å²) in [4.78, 5) is 11.3. The van der Waals surface area contributed by atoms with Gasteiger partial charge in [0, 0.05) is 0 Å². The van der Waals surface area contributed by atoms with Crippen LogP contribution in [0.3, 0.4) is 0 Å². The SMILES string of the molecule is C=CC(=O)C(C)O[Si](C)(C)C(C)(C)C. The molecular weight excluding hydrogens is 192 g/mol. The Morgan fingerprint density at radius 3 is 2.14 bits per heavy atom. The largest absolute Gasteiger partial charge is 0.407 e. The minimum absolute atomic E-state index is 0.0326. The van der Waals surface area contributed by atoms with Gasteiger partial charge in [-0.2, -0.15) is 0 Å². The van der Waals surface area contributed by atoms with Gasteiger partial charge in [-0.3, -0.25) is 4.79 Å². The topological polar surface area (TPSA) is 26.3 Å². The second kappa shape index (κ2) is 4.40. The number of carbonyl (C=O) groups is 1. The molecular formula is C11H22O2Si. The molecule has 2 nitrogen and oxygen atoms in total. The highest BCUT2D eigenvalue weighted by Crippen LogP contribution is 2.37. The van der Waals surface area contributed by atoms with Gasteiger partial charge >= 0.3 is 0 Å². The second-order valence-electron chi connectivity index (χ2n) is 5.13. The molecule has 0 aromatic rings. The van der Waals surface area contributed by atoms with Crippen LogP contribution in [0.15, 0.2) is 12.7 Å². The first-order valence-corrected chi connectivity index (χ1v) is 7.87. The highest BCUT2D eigenvalue weighted by molar-refractivity contribution is 6.74. The van der Waals surface area contributed by atoms with E-state index in [1.165, 1.54) is 6.08 Å². The maximum atomic E-state index is 11.3. The molecule has 14 heavy (non-hydrogen) atoms. The van der Waals surface area contributed by atoms with Gasteiger partial charge in [-0.25, -0.2) is 0 Å². The van der Waals surface area contributed by atoms with Crippen LogP contribution in [0.25, 0.3) is 0 Å². The third kappa shape index (κ3) is 3.39. The minimum Gasteiger partial charge on any atom is -0.407 e. The van der Waals surface area contributed by atoms with Crippen LogP contribution in [0.1, 0.15) is 27.7 Å². The zero-order chi connectivity index (χ0) is 11.6. The molecule has 0 rings (SSSR count). The van der Waals surface area contributed by atoms with Crippen molar-refractivity contribution in [3.8, 4) is 0 Å². The predicted molar refractivity (Wildman–Crippen MR) is 62.9 cm³/mol. The van der Waals surface area contributed by atoms with E-state index < -0.39 is 8.32 Å². The molecule has 0 heterocycles. The molecule has 0 aliphatic rings. The van der Waals surface area contributed by atoms with E-state index in [2.05, 4.69) is 40.4 Å². The first-order valence-electron chi connectivity index (χ1n) is 4.96. The van der Waals surface area contributed by atoms with Crippen LogP contribution in [0.2, 0.25) is 18.1 Å². The summed E-state index contributed by atoms with van der Waals surface area (Å²) in [5, 5.41) is 0.142. The van der Waals surface area contributed by atoms with Crippen molar-refractivity contribution in [3.05, 3.63) is 12.7 Å². The Balaban J connectivity index is 4.52. The van der Waals surface area contributed by atoms with E-state index in [4.69, 9.17) is 4.43 Å². The first kappa shape index (κ1) is 13.6. The van der Waals surface area contributed by atoms with E-state index in [0.29, 0.717) is 0 Å². The molecule has 0 aliphatic carbocycles. The zero-order valence-corrected chi connectivity index (χ0v) is 11.2. The van der Waals surface area contributed by atoms with Crippen molar-refractivity contribution in [3.63, 3.8) is 0 Å². The van der Waals surface area contributed by atoms with Gasteiger partial charge in [0.2, 0.25) is 0 Å². The summed E-state index contributed by atoms with van der Waals surface area (Å²) in [5.41, 5.74) is 0. The fourth-order valence-electron chi connectivity index (χ4n) is 0.843. The first-order chi connectivity index (χ1) is 6.12. The van der Waals surface area contributed by atoms with E-state index in [1.54, 1.807) is 6.92 Å². The Labute approximate surface area is 88.5 Å². The number of ketones is 1. The minimum atomic E-state index is -1.82. The van der Waals surface area contributed by atoms with Crippen molar-refractivity contribution in [1.82, 2.24) is 0 Å². The molecule has 0 saturated carbocycles. The van der Waals surface area contributed by atoms with Crippen LogP contribution < -0.4 is 0 Å². The molecule has 0 fully saturated rings. The molecule has 0 aliphatic heterocycles. The zero-order valence-electron chi connectivity index (χ0n) is 10.2. The molecule has 0 amide bonds. The quantitative estimate of drug-likeness (QED) is 0.531. The van der Waals surface area contributed by atoms with Crippen molar-refractivity contribution < 1.29 is 9.22 Å². The van der Waals surface area contributed by atoms with Gasteiger partial charge in [-0.1, -0.05) is 27.4 Å². The summed E-state index contributed by atoms with van der Waals surface area (Å²) in [6.07, 6.45) is 0.978. The third-order valence-electron chi connectivity index (χ3n) is 2.88. The highest BCUT2D eigenvalue weighted by atomic mass is 28.4. The average Bonchev–Trinajstić information content (AvgIpc) is 2.00. The van der Waals surface area contributed by atoms with Gasteiger partial charge in [0.1, 0.15) is 6.10 Å². The molecule has 0 aromatic heterocycles. The van der Waals surface area contributed by atoms with Crippen molar-refractivity contribution in [2.24, 2.45) is 0 Å². The normalized spacial score (nSPS) is 15.0. The molecule has 0 radical (unpaired) electrons. The summed E-state index contributed by atoms with van der Waals surface area (Å²) in [5.74, 6) is -0.0326. The second-order valence-corrected chi connectivity index (χ2v) is 9.88. The van der Waals surface area contributed by atoms with Crippen LogP contribution in [0.5, 0.6) is 0 Å². The lowest BCUT2D eigenvalue weighted by molar-refractivity contribution is -0.120. The molecule has 3 heteroatoms. The smallest absolute Gasteiger partial charge is 0.193 e. The summed E-state index contributed by atoms with van der Waals surface area (Å²) < 4.78 is 5.87. The Hall–Kier alpha value is -0.413. The molecule has 0 N–H and O–H groups in total. The van der Waals surface area contributed by atoms with Crippen LogP contribution in [0, 0.1) is 0 Å². The van der Waals surface area contributed by atoms with E-state index in [1.807, 2.05) is 0 Å². The highest BCUT2D eigenvalue weighted by Gasteiger charge is 2.39. The van der Waals surface area contributed by atoms with Crippen molar-refractivity contribution in [1.29, 1.82) is 0 Å². The summed E-state index contributed by atoms with van der Waals surface area (Å²) in [6, 6.07) is 0. The molecule has 0 aromatic carbocycles. The summed E-state index contributed by atoms with van der Waals surface area (Å²) >= 11 is 0. The molecule has 82 valence electrons. The lowest BCUT2D eigenvalue weighted by Gasteiger charge is -2.37. The van der Waals surface area contributed by atoms with Gasteiger partial charge in [0.25, 0.3) is 0 Å². The Morgan fingerprint density at radius 2 is 1.86 bits per heavy atom. The van der Waals surface area contributed by atoms with Gasteiger partial charge < -0.3 is 4.43 Å². The van der Waals surface area contributed by atoms with Crippen molar-refractivity contribution >= 4 is 14.1 Å². The molecule has 1 unspecified atom stereocenters. The van der Waals surface area contributed by atoms with Gasteiger partial charge in [0.05, 0.1) is 0 Å². The Bertz CT molecular complexity index is 226. The van der Waals surface area contributed by atoms with Crippen molar-refractivity contribution in [2.45, 2.75) is 51.9 Å². The lowest BCUT2D eigenvalue weighted by atomic mass is 10.2. The fraction of sp³-hybridized carbons (Fsp3) is 0.727. The number of hydrogen-bond acceptors (Lipinski definition) is 2. The van der Waals surface area contributed by atoms with Gasteiger partial charge in [-0.05, 0) is 31.1 Å². The van der Waals surface area contributed by atoms with E-state index >= 15 is 0 Å². The van der Waals surface area contributed by atoms with Crippen LogP contribution >= 0.6 is 0 Å². The van der Waals surface area contributed by atoms with Crippen LogP contribution in [0.4, 0.5) is 0 Å². The number of rotatable bonds is 4. The molecule has 1 atom stereocenters. The van der Waals surface area contributed by atoms with E-state index in [9.17, 15) is 4.79 Å². The number of hydrogen-bond donors (Lipinski definition) is 0. The van der Waals surface area contributed by atoms with Gasteiger partial charge in [-0.15, -0.1) is 0 Å². The van der Waals surface area contributed by atoms with Crippen molar-refractivity contribution in [2.75, 3.05) is 0 Å². The Morgan fingerprint density at radius 1 is 1.43 bits per heavy atom. The monoisotopic (exact) mass is 214 g/mol.